The van der Waals surface area contributed by atoms with E-state index in [0.29, 0.717) is 19.0 Å². The van der Waals surface area contributed by atoms with Gasteiger partial charge < -0.3 is 14.4 Å². The van der Waals surface area contributed by atoms with Gasteiger partial charge in [0.25, 0.3) is 0 Å². The van der Waals surface area contributed by atoms with Crippen LogP contribution in [0.25, 0.3) is 0 Å². The first kappa shape index (κ1) is 21.6. The summed E-state index contributed by atoms with van der Waals surface area (Å²) in [6.45, 7) is 5.26. The minimum atomic E-state index is -4.37. The van der Waals surface area contributed by atoms with E-state index < -0.39 is 11.7 Å². The number of alkyl halides is 3. The smallest absolute Gasteiger partial charge is 0.418 e. The topological polar surface area (TPSA) is 24.9 Å². The van der Waals surface area contributed by atoms with Crippen molar-refractivity contribution in [3.05, 3.63) is 46.4 Å². The number of para-hydroxylation sites is 1. The Kier molecular flexibility index (Phi) is 6.69. The highest BCUT2D eigenvalue weighted by Crippen LogP contribution is 2.41. The average molecular weight is 503 g/mol. The number of rotatable bonds is 5. The van der Waals surface area contributed by atoms with Crippen LogP contribution in [0.5, 0.6) is 11.5 Å². The van der Waals surface area contributed by atoms with Crippen molar-refractivity contribution in [1.82, 2.24) is 4.90 Å². The number of anilines is 1. The summed E-state index contributed by atoms with van der Waals surface area (Å²) in [4.78, 5) is 4.85. The zero-order valence-corrected chi connectivity index (χ0v) is 18.7. The molecule has 2 heterocycles. The van der Waals surface area contributed by atoms with Crippen LogP contribution in [0, 0.1) is 0 Å². The van der Waals surface area contributed by atoms with Crippen molar-refractivity contribution < 1.29 is 22.6 Å². The molecule has 0 radical (unpaired) electrons. The van der Waals surface area contributed by atoms with E-state index in [1.54, 1.807) is 6.07 Å². The van der Waals surface area contributed by atoms with Gasteiger partial charge in [-0.3, -0.25) is 4.90 Å². The number of halogens is 4. The number of thioether (sulfide) groups is 1. The SMILES string of the molecule is FC(F)(F)c1c(Br)cccc1SCCN1CCN(c2cccc3c2OCCO3)CC1. The lowest BCUT2D eigenvalue weighted by Gasteiger charge is -2.37. The molecule has 0 aromatic heterocycles. The number of fused-ring (bicyclic) bond motifs is 1. The van der Waals surface area contributed by atoms with Gasteiger partial charge in [-0.1, -0.05) is 28.1 Å². The molecular weight excluding hydrogens is 481 g/mol. The molecule has 0 unspecified atom stereocenters. The molecule has 2 aromatic rings. The standard InChI is InChI=1S/C21H22BrF3N2O2S/c22-15-3-1-6-18(19(15)21(23,24)25)30-14-11-26-7-9-27(10-8-26)16-4-2-5-17-20(16)29-13-12-28-17/h1-6H,7-14H2. The lowest BCUT2D eigenvalue weighted by Crippen LogP contribution is -2.47. The Morgan fingerprint density at radius 3 is 2.47 bits per heavy atom. The molecule has 2 aliphatic rings. The number of piperazine rings is 1. The molecule has 162 valence electrons. The quantitative estimate of drug-likeness (QED) is 0.526. The van der Waals surface area contributed by atoms with Gasteiger partial charge in [-0.25, -0.2) is 0 Å². The molecule has 0 aliphatic carbocycles. The van der Waals surface area contributed by atoms with Crippen LogP contribution in [0.1, 0.15) is 5.56 Å². The van der Waals surface area contributed by atoms with E-state index in [0.717, 1.165) is 49.9 Å². The van der Waals surface area contributed by atoms with E-state index in [2.05, 4.69) is 25.7 Å². The fourth-order valence-corrected chi connectivity index (χ4v) is 5.54. The van der Waals surface area contributed by atoms with Crippen LogP contribution in [-0.2, 0) is 6.18 Å². The summed E-state index contributed by atoms with van der Waals surface area (Å²) >= 11 is 4.29. The van der Waals surface area contributed by atoms with E-state index in [1.165, 1.54) is 23.9 Å². The zero-order chi connectivity index (χ0) is 21.1. The second-order valence-corrected chi connectivity index (χ2v) is 9.08. The number of hydrogen-bond acceptors (Lipinski definition) is 5. The van der Waals surface area contributed by atoms with Crippen LogP contribution in [0.2, 0.25) is 0 Å². The van der Waals surface area contributed by atoms with Crippen molar-refractivity contribution in [2.24, 2.45) is 0 Å². The van der Waals surface area contributed by atoms with Crippen molar-refractivity contribution >= 4 is 33.4 Å². The fourth-order valence-electron chi connectivity index (χ4n) is 3.70. The van der Waals surface area contributed by atoms with E-state index >= 15 is 0 Å². The van der Waals surface area contributed by atoms with Crippen LogP contribution < -0.4 is 14.4 Å². The number of nitrogens with zero attached hydrogens (tertiary/aromatic N) is 2. The molecule has 0 N–H and O–H groups in total. The largest absolute Gasteiger partial charge is 0.486 e. The predicted molar refractivity (Wildman–Crippen MR) is 116 cm³/mol. The van der Waals surface area contributed by atoms with Gasteiger partial charge in [0.1, 0.15) is 13.2 Å². The summed E-state index contributed by atoms with van der Waals surface area (Å²) < 4.78 is 51.6. The summed E-state index contributed by atoms with van der Waals surface area (Å²) in [6, 6.07) is 10.6. The highest BCUT2D eigenvalue weighted by Gasteiger charge is 2.35. The zero-order valence-electron chi connectivity index (χ0n) is 16.3. The van der Waals surface area contributed by atoms with Gasteiger partial charge in [0.15, 0.2) is 11.5 Å². The molecule has 0 spiro atoms. The molecule has 2 aliphatic heterocycles. The van der Waals surface area contributed by atoms with Gasteiger partial charge in [-0.2, -0.15) is 13.2 Å². The van der Waals surface area contributed by atoms with Crippen molar-refractivity contribution in [2.45, 2.75) is 11.1 Å². The fraction of sp³-hybridized carbons (Fsp3) is 0.429. The molecule has 0 saturated carbocycles. The van der Waals surface area contributed by atoms with Crippen molar-refractivity contribution in [1.29, 1.82) is 0 Å². The Labute approximate surface area is 186 Å². The van der Waals surface area contributed by atoms with Crippen LogP contribution in [0.4, 0.5) is 18.9 Å². The molecule has 0 amide bonds. The second kappa shape index (κ2) is 9.28. The van der Waals surface area contributed by atoms with Crippen LogP contribution in [0.15, 0.2) is 45.8 Å². The van der Waals surface area contributed by atoms with Gasteiger partial charge in [-0.05, 0) is 24.3 Å². The van der Waals surface area contributed by atoms with Gasteiger partial charge in [0.2, 0.25) is 0 Å². The second-order valence-electron chi connectivity index (χ2n) is 7.09. The molecule has 30 heavy (non-hydrogen) atoms. The molecule has 9 heteroatoms. The van der Waals surface area contributed by atoms with E-state index in [4.69, 9.17) is 9.47 Å². The molecule has 4 rings (SSSR count). The maximum Gasteiger partial charge on any atom is 0.418 e. The molecule has 0 atom stereocenters. The third-order valence-electron chi connectivity index (χ3n) is 5.18. The molecule has 2 aromatic carbocycles. The number of ether oxygens (including phenoxy) is 2. The summed E-state index contributed by atoms with van der Waals surface area (Å²) in [5, 5.41) is 0. The third kappa shape index (κ3) is 4.84. The maximum absolute atomic E-state index is 13.3. The Morgan fingerprint density at radius 1 is 0.967 bits per heavy atom. The average Bonchev–Trinajstić information content (AvgIpc) is 2.73. The maximum atomic E-state index is 13.3. The van der Waals surface area contributed by atoms with Gasteiger partial charge in [0.05, 0.1) is 11.3 Å². The van der Waals surface area contributed by atoms with Gasteiger partial charge in [0, 0.05) is 47.8 Å². The Hall–Kier alpha value is -1.58. The Morgan fingerprint density at radius 2 is 1.70 bits per heavy atom. The molecular formula is C21H22BrF3N2O2S. The monoisotopic (exact) mass is 502 g/mol. The summed E-state index contributed by atoms with van der Waals surface area (Å²) in [6.07, 6.45) is -4.37. The normalized spacial score (nSPS) is 17.3. The molecule has 0 bridgehead atoms. The third-order valence-corrected chi connectivity index (χ3v) is 6.88. The van der Waals surface area contributed by atoms with Crippen molar-refractivity contribution in [2.75, 3.05) is 56.6 Å². The van der Waals surface area contributed by atoms with Crippen molar-refractivity contribution in [3.8, 4) is 11.5 Å². The lowest BCUT2D eigenvalue weighted by molar-refractivity contribution is -0.140. The van der Waals surface area contributed by atoms with Gasteiger partial charge in [-0.15, -0.1) is 11.8 Å². The van der Waals surface area contributed by atoms with Crippen LogP contribution in [0.3, 0.4) is 0 Å². The lowest BCUT2D eigenvalue weighted by atomic mass is 10.2. The predicted octanol–water partition coefficient (Wildman–Crippen LogP) is 5.15. The minimum absolute atomic E-state index is 0.0889. The summed E-state index contributed by atoms with van der Waals surface area (Å²) in [5.41, 5.74) is 0.459. The van der Waals surface area contributed by atoms with Gasteiger partial charge >= 0.3 is 6.18 Å². The van der Waals surface area contributed by atoms with Crippen molar-refractivity contribution in [3.63, 3.8) is 0 Å². The number of hydrogen-bond donors (Lipinski definition) is 0. The minimum Gasteiger partial charge on any atom is -0.486 e. The summed E-state index contributed by atoms with van der Waals surface area (Å²) in [5.74, 6) is 2.20. The highest BCUT2D eigenvalue weighted by molar-refractivity contribution is 9.10. The van der Waals surface area contributed by atoms with Crippen LogP contribution in [-0.4, -0.2) is 56.6 Å². The van der Waals surface area contributed by atoms with E-state index in [-0.39, 0.29) is 9.37 Å². The Bertz CT molecular complexity index is 889. The first-order chi connectivity index (χ1) is 14.4. The molecule has 4 nitrogen and oxygen atoms in total. The first-order valence-corrected chi connectivity index (χ1v) is 11.6. The first-order valence-electron chi connectivity index (χ1n) is 9.78. The number of benzene rings is 2. The van der Waals surface area contributed by atoms with Crippen LogP contribution >= 0.6 is 27.7 Å². The highest BCUT2D eigenvalue weighted by atomic mass is 79.9. The molecule has 1 saturated heterocycles. The summed E-state index contributed by atoms with van der Waals surface area (Å²) in [7, 11) is 0. The van der Waals surface area contributed by atoms with E-state index in [1.807, 2.05) is 18.2 Å². The Balaban J connectivity index is 1.31. The van der Waals surface area contributed by atoms with E-state index in [9.17, 15) is 13.2 Å². The molecule has 1 fully saturated rings.